The van der Waals surface area contributed by atoms with E-state index in [1.807, 2.05) is 19.1 Å². The van der Waals surface area contributed by atoms with Gasteiger partial charge in [0.2, 0.25) is 0 Å². The first-order chi connectivity index (χ1) is 12.9. The van der Waals surface area contributed by atoms with Crippen molar-refractivity contribution in [2.24, 2.45) is 0 Å². The van der Waals surface area contributed by atoms with Crippen LogP contribution in [0.15, 0.2) is 45.8 Å². The van der Waals surface area contributed by atoms with Crippen molar-refractivity contribution in [2.45, 2.75) is 6.92 Å². The quantitative estimate of drug-likeness (QED) is 0.389. The van der Waals surface area contributed by atoms with E-state index in [9.17, 15) is 4.79 Å². The Bertz CT molecular complexity index is 931. The van der Waals surface area contributed by atoms with Crippen LogP contribution in [0.25, 0.3) is 6.08 Å². The van der Waals surface area contributed by atoms with Crippen molar-refractivity contribution in [1.29, 1.82) is 0 Å². The second-order valence-electron chi connectivity index (χ2n) is 5.45. The van der Waals surface area contributed by atoms with Gasteiger partial charge in [0.25, 0.3) is 5.91 Å². The summed E-state index contributed by atoms with van der Waals surface area (Å²) in [4.78, 5) is 14.9. The van der Waals surface area contributed by atoms with E-state index in [-0.39, 0.29) is 5.91 Å². The number of rotatable bonds is 5. The summed E-state index contributed by atoms with van der Waals surface area (Å²) in [5.74, 6) is 1.06. The van der Waals surface area contributed by atoms with Crippen LogP contribution in [0, 0.1) is 0 Å². The number of halogens is 2. The lowest BCUT2D eigenvalue weighted by atomic mass is 10.1. The molecule has 0 spiro atoms. The summed E-state index contributed by atoms with van der Waals surface area (Å²) < 4.78 is 12.2. The topological polar surface area (TPSA) is 38.8 Å². The molecule has 0 bridgehead atoms. The number of methoxy groups -OCH3 is 1. The number of anilines is 1. The first-order valence-electron chi connectivity index (χ1n) is 7.98. The largest absolute Gasteiger partial charge is 0.493 e. The lowest BCUT2D eigenvalue weighted by molar-refractivity contribution is -0.113. The lowest BCUT2D eigenvalue weighted by Crippen LogP contribution is -2.27. The minimum absolute atomic E-state index is 0.174. The van der Waals surface area contributed by atoms with Gasteiger partial charge in [-0.15, -0.1) is 0 Å². The molecule has 27 heavy (non-hydrogen) atoms. The molecule has 0 radical (unpaired) electrons. The average molecular weight is 485 g/mol. The van der Waals surface area contributed by atoms with Gasteiger partial charge in [-0.2, -0.15) is 0 Å². The molecular formula is C19H15BrClNO3S2. The number of ether oxygens (including phenoxy) is 2. The van der Waals surface area contributed by atoms with E-state index in [4.69, 9.17) is 33.3 Å². The molecule has 0 N–H and O–H groups in total. The number of benzene rings is 2. The van der Waals surface area contributed by atoms with Crippen molar-refractivity contribution in [1.82, 2.24) is 0 Å². The number of nitrogens with zero attached hydrogens (tertiary/aromatic N) is 1. The molecule has 4 nitrogen and oxygen atoms in total. The molecule has 3 rings (SSSR count). The van der Waals surface area contributed by atoms with Crippen LogP contribution in [0.2, 0.25) is 5.02 Å². The Labute approximate surface area is 180 Å². The van der Waals surface area contributed by atoms with Crippen LogP contribution in [0.1, 0.15) is 12.5 Å². The monoisotopic (exact) mass is 483 g/mol. The third-order valence-corrected chi connectivity index (χ3v) is 5.99. The highest BCUT2D eigenvalue weighted by Crippen LogP contribution is 2.39. The van der Waals surface area contributed by atoms with Crippen molar-refractivity contribution in [3.05, 3.63) is 56.4 Å². The molecule has 0 aromatic heterocycles. The Hall–Kier alpha value is -1.54. The van der Waals surface area contributed by atoms with Crippen LogP contribution in [0.5, 0.6) is 11.5 Å². The first-order valence-corrected chi connectivity index (χ1v) is 10.4. The Morgan fingerprint density at radius 1 is 1.26 bits per heavy atom. The number of amides is 1. The van der Waals surface area contributed by atoms with Crippen molar-refractivity contribution < 1.29 is 14.3 Å². The number of hydrogen-bond acceptors (Lipinski definition) is 5. The average Bonchev–Trinajstić information content (AvgIpc) is 2.92. The zero-order valence-corrected chi connectivity index (χ0v) is 18.5. The maximum absolute atomic E-state index is 12.9. The van der Waals surface area contributed by atoms with Crippen LogP contribution >= 0.6 is 51.5 Å². The predicted molar refractivity (Wildman–Crippen MR) is 119 cm³/mol. The van der Waals surface area contributed by atoms with Crippen LogP contribution in [0.4, 0.5) is 5.69 Å². The molecule has 1 fully saturated rings. The number of hydrogen-bond donors (Lipinski definition) is 0. The molecular weight excluding hydrogens is 470 g/mol. The molecule has 2 aromatic rings. The van der Waals surface area contributed by atoms with Gasteiger partial charge in [-0.25, -0.2) is 0 Å². The van der Waals surface area contributed by atoms with Gasteiger partial charge < -0.3 is 9.47 Å². The summed E-state index contributed by atoms with van der Waals surface area (Å²) in [6.07, 6.45) is 1.79. The summed E-state index contributed by atoms with van der Waals surface area (Å²) in [6.45, 7) is 2.44. The van der Waals surface area contributed by atoms with Gasteiger partial charge in [-0.3, -0.25) is 9.69 Å². The lowest BCUT2D eigenvalue weighted by Gasteiger charge is -2.14. The Balaban J connectivity index is 1.95. The summed E-state index contributed by atoms with van der Waals surface area (Å²) in [6, 6.07) is 10.6. The molecule has 0 unspecified atom stereocenters. The van der Waals surface area contributed by atoms with E-state index < -0.39 is 0 Å². The number of thiocarbonyl (C=S) groups is 1. The fraction of sp³-hybridized carbons (Fsp3) is 0.158. The Kier molecular flexibility index (Phi) is 6.47. The van der Waals surface area contributed by atoms with Crippen molar-refractivity contribution in [3.63, 3.8) is 0 Å². The smallest absolute Gasteiger partial charge is 0.270 e. The van der Waals surface area contributed by atoms with Gasteiger partial charge in [0.1, 0.15) is 0 Å². The standard InChI is InChI=1S/C19H15BrClNO3S2/c1-3-25-16-10-14(20)11(8-15(16)24-2)9-17-18(23)22(19(26)27-17)13-6-4-12(21)5-7-13/h4-10H,3H2,1-2H3/b17-9+. The Morgan fingerprint density at radius 3 is 2.59 bits per heavy atom. The van der Waals surface area contributed by atoms with Crippen LogP contribution in [-0.2, 0) is 4.79 Å². The molecule has 1 amide bonds. The van der Waals surface area contributed by atoms with E-state index in [1.54, 1.807) is 37.5 Å². The van der Waals surface area contributed by atoms with E-state index >= 15 is 0 Å². The van der Waals surface area contributed by atoms with Gasteiger partial charge in [-0.1, -0.05) is 51.5 Å². The molecule has 0 aliphatic carbocycles. The highest BCUT2D eigenvalue weighted by molar-refractivity contribution is 9.10. The third-order valence-electron chi connectivity index (χ3n) is 3.75. The van der Waals surface area contributed by atoms with E-state index in [0.29, 0.717) is 38.0 Å². The first kappa shape index (κ1) is 20.2. The molecule has 0 atom stereocenters. The predicted octanol–water partition coefficient (Wildman–Crippen LogP) is 5.92. The molecule has 8 heteroatoms. The van der Waals surface area contributed by atoms with Crippen molar-refractivity contribution in [2.75, 3.05) is 18.6 Å². The SMILES string of the molecule is CCOc1cc(Br)c(/C=C2/SC(=S)N(c3ccc(Cl)cc3)C2=O)cc1OC. The van der Waals surface area contributed by atoms with Gasteiger partial charge in [0.15, 0.2) is 15.8 Å². The molecule has 1 saturated heterocycles. The van der Waals surface area contributed by atoms with Crippen LogP contribution in [0.3, 0.4) is 0 Å². The molecule has 1 heterocycles. The highest BCUT2D eigenvalue weighted by Gasteiger charge is 2.33. The maximum atomic E-state index is 12.9. The van der Waals surface area contributed by atoms with Crippen LogP contribution < -0.4 is 14.4 Å². The summed E-state index contributed by atoms with van der Waals surface area (Å²) in [7, 11) is 1.58. The fourth-order valence-electron chi connectivity index (χ4n) is 2.51. The molecule has 140 valence electrons. The minimum atomic E-state index is -0.174. The second-order valence-corrected chi connectivity index (χ2v) is 8.42. The van der Waals surface area contributed by atoms with Gasteiger partial charge in [0.05, 0.1) is 24.3 Å². The fourth-order valence-corrected chi connectivity index (χ4v) is 4.36. The number of thioether (sulfide) groups is 1. The maximum Gasteiger partial charge on any atom is 0.270 e. The summed E-state index contributed by atoms with van der Waals surface area (Å²) >= 11 is 16.1. The van der Waals surface area contributed by atoms with E-state index in [1.165, 1.54) is 16.7 Å². The summed E-state index contributed by atoms with van der Waals surface area (Å²) in [5, 5.41) is 0.602. The Morgan fingerprint density at radius 2 is 1.96 bits per heavy atom. The normalized spacial score (nSPS) is 15.6. The minimum Gasteiger partial charge on any atom is -0.493 e. The second kappa shape index (κ2) is 8.65. The van der Waals surface area contributed by atoms with Crippen LogP contribution in [-0.4, -0.2) is 23.9 Å². The zero-order chi connectivity index (χ0) is 19.6. The van der Waals surface area contributed by atoms with Gasteiger partial charge >= 0.3 is 0 Å². The molecule has 2 aromatic carbocycles. The van der Waals surface area contributed by atoms with Crippen molar-refractivity contribution in [3.8, 4) is 11.5 Å². The third kappa shape index (κ3) is 4.32. The van der Waals surface area contributed by atoms with Crippen molar-refractivity contribution >= 4 is 73.5 Å². The molecule has 1 aliphatic heterocycles. The number of carbonyl (C=O) groups excluding carboxylic acids is 1. The zero-order valence-electron chi connectivity index (χ0n) is 14.5. The highest BCUT2D eigenvalue weighted by atomic mass is 79.9. The number of carbonyl (C=O) groups is 1. The van der Waals surface area contributed by atoms with E-state index in [0.717, 1.165) is 10.0 Å². The summed E-state index contributed by atoms with van der Waals surface area (Å²) in [5.41, 5.74) is 1.49. The molecule has 1 aliphatic rings. The van der Waals surface area contributed by atoms with Gasteiger partial charge in [0, 0.05) is 9.50 Å². The van der Waals surface area contributed by atoms with E-state index in [2.05, 4.69) is 15.9 Å². The molecule has 0 saturated carbocycles. The van der Waals surface area contributed by atoms with Gasteiger partial charge in [-0.05, 0) is 55.0 Å².